The minimum Gasteiger partial charge on any atom is -0.464 e. The predicted octanol–water partition coefficient (Wildman–Crippen LogP) is 4.11. The van der Waals surface area contributed by atoms with Gasteiger partial charge in [0.05, 0.1) is 23.7 Å². The first-order chi connectivity index (χ1) is 16.9. The number of benzene rings is 2. The van der Waals surface area contributed by atoms with Crippen LogP contribution in [0.2, 0.25) is 0 Å². The summed E-state index contributed by atoms with van der Waals surface area (Å²) in [6, 6.07) is 11.6. The van der Waals surface area contributed by atoms with Crippen LogP contribution < -0.4 is 0 Å². The molecule has 0 radical (unpaired) electrons. The summed E-state index contributed by atoms with van der Waals surface area (Å²) < 4.78 is 5.51. The number of aliphatic hydroxyl groups excluding tert-OH is 1. The lowest BCUT2D eigenvalue weighted by Crippen LogP contribution is -2.61. The van der Waals surface area contributed by atoms with Gasteiger partial charge >= 0.3 is 5.97 Å². The highest BCUT2D eigenvalue weighted by Gasteiger charge is 2.73. The fourth-order valence-electron chi connectivity index (χ4n) is 6.25. The minimum absolute atomic E-state index is 0.0187. The summed E-state index contributed by atoms with van der Waals surface area (Å²) in [5, 5.41) is 22.0. The van der Waals surface area contributed by atoms with Crippen molar-refractivity contribution < 1.29 is 29.2 Å². The fraction of sp³-hybridized carbons (Fsp3) is 0.444. The van der Waals surface area contributed by atoms with E-state index in [-0.39, 0.29) is 25.1 Å². The number of ether oxygens (including phenoxy) is 1. The molecule has 2 aliphatic heterocycles. The first kappa shape index (κ1) is 24.1. The van der Waals surface area contributed by atoms with Crippen molar-refractivity contribution in [3.05, 3.63) is 75.3 Å². The van der Waals surface area contributed by atoms with Crippen LogP contribution in [0.5, 0.6) is 0 Å². The van der Waals surface area contributed by atoms with Gasteiger partial charge in [-0.05, 0) is 47.6 Å². The summed E-state index contributed by atoms with van der Waals surface area (Å²) in [5.74, 6) is -1.71. The van der Waals surface area contributed by atoms with E-state index in [1.54, 1.807) is 24.3 Å². The predicted molar refractivity (Wildman–Crippen MR) is 128 cm³/mol. The van der Waals surface area contributed by atoms with Gasteiger partial charge in [-0.3, -0.25) is 29.4 Å². The SMILES string of the molecule is CC1(C)[C@@]2(C)CC[C@]1(C(=O)N1C(=O)c3ccccc3[C@@H]1C[C@@H](O)c1ccc([N+](=O)[O-])cc1)C(=O)OC2. The maximum Gasteiger partial charge on any atom is 0.322 e. The number of carbonyl (C=O) groups excluding carboxylic acids is 3. The molecule has 188 valence electrons. The molecule has 2 aromatic carbocycles. The molecule has 1 N–H and O–H groups in total. The van der Waals surface area contributed by atoms with Gasteiger partial charge in [0.15, 0.2) is 5.41 Å². The van der Waals surface area contributed by atoms with E-state index >= 15 is 0 Å². The summed E-state index contributed by atoms with van der Waals surface area (Å²) in [4.78, 5) is 52.8. The molecule has 0 spiro atoms. The van der Waals surface area contributed by atoms with Gasteiger partial charge in [0, 0.05) is 29.5 Å². The van der Waals surface area contributed by atoms with Gasteiger partial charge in [-0.1, -0.05) is 39.0 Å². The summed E-state index contributed by atoms with van der Waals surface area (Å²) in [7, 11) is 0. The van der Waals surface area contributed by atoms with E-state index in [1.165, 1.54) is 24.3 Å². The Morgan fingerprint density at radius 3 is 2.47 bits per heavy atom. The lowest BCUT2D eigenvalue weighted by molar-refractivity contribution is -0.384. The Labute approximate surface area is 208 Å². The molecule has 2 aromatic rings. The van der Waals surface area contributed by atoms with Gasteiger partial charge in [0.2, 0.25) is 5.91 Å². The highest BCUT2D eigenvalue weighted by atomic mass is 16.6. The standard InChI is InChI=1S/C27H28N2O7/c1-25(2)26(3)12-13-27(25,24(33)36-15-26)23(32)28-20(18-6-4-5-7-19(18)22(28)31)14-21(30)16-8-10-17(11-9-16)29(34)35/h4-11,20-21,30H,12-15H2,1-3H3/t20-,21+,26-,27-/m0/s1. The Morgan fingerprint density at radius 2 is 1.81 bits per heavy atom. The van der Waals surface area contributed by atoms with Gasteiger partial charge in [-0.15, -0.1) is 0 Å². The number of aliphatic hydroxyl groups is 1. The molecule has 3 aliphatic rings. The Balaban J connectivity index is 1.54. The van der Waals surface area contributed by atoms with Crippen molar-refractivity contribution in [2.75, 3.05) is 6.61 Å². The van der Waals surface area contributed by atoms with E-state index in [9.17, 15) is 29.6 Å². The zero-order valence-electron chi connectivity index (χ0n) is 20.4. The largest absolute Gasteiger partial charge is 0.464 e. The number of nitrogens with zero attached hydrogens (tertiary/aromatic N) is 2. The fourth-order valence-corrected chi connectivity index (χ4v) is 6.25. The number of amides is 2. The monoisotopic (exact) mass is 492 g/mol. The molecular weight excluding hydrogens is 464 g/mol. The van der Waals surface area contributed by atoms with Crippen LogP contribution in [0.15, 0.2) is 48.5 Å². The maximum atomic E-state index is 14.3. The second-order valence-corrected chi connectivity index (χ2v) is 10.9. The van der Waals surface area contributed by atoms with E-state index < -0.39 is 51.1 Å². The molecule has 0 unspecified atom stereocenters. The number of esters is 1. The van der Waals surface area contributed by atoms with E-state index in [2.05, 4.69) is 0 Å². The first-order valence-electron chi connectivity index (χ1n) is 12.0. The maximum absolute atomic E-state index is 14.3. The average Bonchev–Trinajstić information content (AvgIpc) is 3.17. The van der Waals surface area contributed by atoms with Crippen molar-refractivity contribution in [3.8, 4) is 0 Å². The number of nitro benzene ring substituents is 1. The molecule has 9 nitrogen and oxygen atoms in total. The number of non-ortho nitro benzene ring substituents is 1. The van der Waals surface area contributed by atoms with Crippen LogP contribution in [0, 0.1) is 26.4 Å². The third-order valence-corrected chi connectivity index (χ3v) is 9.10. The molecule has 1 saturated carbocycles. The lowest BCUT2D eigenvalue weighted by Gasteiger charge is -2.51. The van der Waals surface area contributed by atoms with E-state index in [1.807, 2.05) is 20.8 Å². The Morgan fingerprint density at radius 1 is 1.14 bits per heavy atom. The van der Waals surface area contributed by atoms with E-state index in [0.717, 1.165) is 4.90 Å². The Hall–Kier alpha value is -3.59. The van der Waals surface area contributed by atoms with Crippen molar-refractivity contribution in [2.45, 2.75) is 52.2 Å². The molecule has 2 bridgehead atoms. The Kier molecular flexibility index (Phi) is 5.33. The summed E-state index contributed by atoms with van der Waals surface area (Å²) in [5.41, 5.74) is -1.39. The molecule has 36 heavy (non-hydrogen) atoms. The molecule has 9 heteroatoms. The van der Waals surface area contributed by atoms with Crippen LogP contribution in [0.25, 0.3) is 0 Å². The molecule has 4 atom stereocenters. The number of fused-ring (bicyclic) bond motifs is 3. The third-order valence-electron chi connectivity index (χ3n) is 9.10. The van der Waals surface area contributed by atoms with Crippen molar-refractivity contribution >= 4 is 23.5 Å². The van der Waals surface area contributed by atoms with Gasteiger partial charge < -0.3 is 9.84 Å². The van der Waals surface area contributed by atoms with Crippen LogP contribution in [0.3, 0.4) is 0 Å². The van der Waals surface area contributed by atoms with Crippen LogP contribution in [-0.2, 0) is 14.3 Å². The average molecular weight is 493 g/mol. The zero-order chi connectivity index (χ0) is 26.0. The second-order valence-electron chi connectivity index (χ2n) is 10.9. The highest BCUT2D eigenvalue weighted by molar-refractivity contribution is 6.15. The van der Waals surface area contributed by atoms with Gasteiger partial charge in [-0.25, -0.2) is 0 Å². The summed E-state index contributed by atoms with van der Waals surface area (Å²) in [6.45, 7) is 6.02. The van der Waals surface area contributed by atoms with E-state index in [4.69, 9.17) is 4.74 Å². The lowest BCUT2D eigenvalue weighted by atomic mass is 9.57. The topological polar surface area (TPSA) is 127 Å². The molecule has 2 heterocycles. The number of hydrogen-bond donors (Lipinski definition) is 1. The van der Waals surface area contributed by atoms with Crippen molar-refractivity contribution in [3.63, 3.8) is 0 Å². The number of hydrogen-bond acceptors (Lipinski definition) is 7. The molecule has 1 saturated heterocycles. The molecule has 0 aromatic heterocycles. The number of rotatable bonds is 5. The molecular formula is C27H28N2O7. The van der Waals surface area contributed by atoms with Crippen LogP contribution in [0.1, 0.15) is 73.7 Å². The second kappa shape index (κ2) is 7.96. The molecule has 2 fully saturated rings. The number of nitro groups is 1. The normalized spacial score (nSPS) is 29.0. The minimum atomic E-state index is -1.51. The molecule has 2 amide bonds. The first-order valence-corrected chi connectivity index (χ1v) is 12.0. The molecule has 5 rings (SSSR count). The number of carbonyl (C=O) groups is 3. The highest BCUT2D eigenvalue weighted by Crippen LogP contribution is 2.67. The van der Waals surface area contributed by atoms with Gasteiger partial charge in [0.1, 0.15) is 0 Å². The van der Waals surface area contributed by atoms with Crippen LogP contribution in [0.4, 0.5) is 5.69 Å². The van der Waals surface area contributed by atoms with Gasteiger partial charge in [0.25, 0.3) is 11.6 Å². The van der Waals surface area contributed by atoms with Crippen LogP contribution >= 0.6 is 0 Å². The summed E-state index contributed by atoms with van der Waals surface area (Å²) in [6.07, 6.45) is -0.230. The molecule has 1 aliphatic carbocycles. The van der Waals surface area contributed by atoms with Crippen molar-refractivity contribution in [2.24, 2.45) is 16.2 Å². The van der Waals surface area contributed by atoms with Crippen molar-refractivity contribution in [1.82, 2.24) is 4.90 Å². The van der Waals surface area contributed by atoms with Crippen molar-refractivity contribution in [1.29, 1.82) is 0 Å². The quantitative estimate of drug-likeness (QED) is 0.219. The summed E-state index contributed by atoms with van der Waals surface area (Å²) >= 11 is 0. The van der Waals surface area contributed by atoms with Gasteiger partial charge in [-0.2, -0.15) is 0 Å². The smallest absolute Gasteiger partial charge is 0.322 e. The number of imide groups is 1. The number of cyclic esters (lactones) is 1. The van der Waals surface area contributed by atoms with E-state index in [0.29, 0.717) is 23.1 Å². The zero-order valence-corrected chi connectivity index (χ0v) is 20.4. The third kappa shape index (κ3) is 3.08. The van der Waals surface area contributed by atoms with Crippen LogP contribution in [-0.4, -0.2) is 39.3 Å². The Bertz CT molecular complexity index is 1290.